The number of hydrogen-bond acceptors (Lipinski definition) is 3. The quantitative estimate of drug-likeness (QED) is 0.632. The summed E-state index contributed by atoms with van der Waals surface area (Å²) in [5.74, 6) is -0.0959. The van der Waals surface area contributed by atoms with Crippen LogP contribution in [0.3, 0.4) is 0 Å². The summed E-state index contributed by atoms with van der Waals surface area (Å²) in [6.07, 6.45) is 5.82. The molecule has 0 radical (unpaired) electrons. The van der Waals surface area contributed by atoms with Gasteiger partial charge >= 0.3 is 5.97 Å². The van der Waals surface area contributed by atoms with Crippen molar-refractivity contribution in [3.05, 3.63) is 0 Å². The molecular formula is C11H21NO2. The van der Waals surface area contributed by atoms with Crippen LogP contribution in [0, 0.1) is 0 Å². The van der Waals surface area contributed by atoms with E-state index in [2.05, 4.69) is 16.6 Å². The molecule has 0 aromatic carbocycles. The summed E-state index contributed by atoms with van der Waals surface area (Å²) in [6, 6.07) is 0.713. The Morgan fingerprint density at radius 1 is 1.43 bits per heavy atom. The van der Waals surface area contributed by atoms with Crippen LogP contribution in [-0.4, -0.2) is 37.1 Å². The van der Waals surface area contributed by atoms with Crippen LogP contribution in [0.5, 0.6) is 0 Å². The maximum absolute atomic E-state index is 11.0. The maximum atomic E-state index is 11.0. The molecule has 1 rings (SSSR count). The van der Waals surface area contributed by atoms with Crippen molar-refractivity contribution >= 4 is 5.97 Å². The number of carbonyl (C=O) groups excluding carboxylic acids is 1. The Bertz CT molecular complexity index is 176. The van der Waals surface area contributed by atoms with Crippen LogP contribution in [0.25, 0.3) is 0 Å². The molecule has 1 aliphatic carbocycles. The molecule has 0 amide bonds. The van der Waals surface area contributed by atoms with Gasteiger partial charge in [0.25, 0.3) is 0 Å². The van der Waals surface area contributed by atoms with Crippen LogP contribution in [0.2, 0.25) is 0 Å². The van der Waals surface area contributed by atoms with Gasteiger partial charge in [-0.3, -0.25) is 4.79 Å². The summed E-state index contributed by atoms with van der Waals surface area (Å²) in [5, 5.41) is 0. The Morgan fingerprint density at radius 2 is 2.07 bits per heavy atom. The maximum Gasteiger partial charge on any atom is 0.306 e. The average molecular weight is 199 g/mol. The van der Waals surface area contributed by atoms with Crippen LogP contribution < -0.4 is 0 Å². The molecule has 1 saturated carbocycles. The summed E-state index contributed by atoms with van der Waals surface area (Å²) < 4.78 is 4.64. The largest absolute Gasteiger partial charge is 0.469 e. The van der Waals surface area contributed by atoms with Gasteiger partial charge < -0.3 is 9.64 Å². The van der Waals surface area contributed by atoms with Crippen LogP contribution in [0.1, 0.15) is 39.0 Å². The lowest BCUT2D eigenvalue weighted by Crippen LogP contribution is -2.34. The summed E-state index contributed by atoms with van der Waals surface area (Å²) >= 11 is 0. The van der Waals surface area contributed by atoms with Crippen molar-refractivity contribution in [2.45, 2.75) is 45.1 Å². The average Bonchev–Trinajstić information content (AvgIpc) is 2.72. The van der Waals surface area contributed by atoms with Gasteiger partial charge in [0, 0.05) is 12.6 Å². The van der Waals surface area contributed by atoms with E-state index in [-0.39, 0.29) is 5.97 Å². The molecule has 14 heavy (non-hydrogen) atoms. The van der Waals surface area contributed by atoms with Gasteiger partial charge in [-0.15, -0.1) is 0 Å². The molecule has 82 valence electrons. The van der Waals surface area contributed by atoms with Crippen molar-refractivity contribution < 1.29 is 9.53 Å². The lowest BCUT2D eigenvalue weighted by molar-refractivity contribution is -0.141. The van der Waals surface area contributed by atoms with Gasteiger partial charge in [-0.25, -0.2) is 0 Å². The molecule has 0 atom stereocenters. The highest BCUT2D eigenvalue weighted by Crippen LogP contribution is 2.23. The lowest BCUT2D eigenvalue weighted by Gasteiger charge is -2.26. The number of methoxy groups -OCH3 is 1. The molecule has 1 fully saturated rings. The highest BCUT2D eigenvalue weighted by molar-refractivity contribution is 5.69. The number of carbonyl (C=O) groups is 1. The normalized spacial score (nSPS) is 17.6. The zero-order valence-electron chi connectivity index (χ0n) is 9.29. The SMILES string of the molecule is CCN(CCC(=O)OC)C1CCCC1. The topological polar surface area (TPSA) is 29.5 Å². The third-order valence-electron chi connectivity index (χ3n) is 3.08. The molecule has 0 unspecified atom stereocenters. The van der Waals surface area contributed by atoms with E-state index in [4.69, 9.17) is 0 Å². The van der Waals surface area contributed by atoms with Crippen molar-refractivity contribution in [3.8, 4) is 0 Å². The Kier molecular flexibility index (Phi) is 4.94. The molecule has 0 aliphatic heterocycles. The number of ether oxygens (including phenoxy) is 1. The second-order valence-electron chi connectivity index (χ2n) is 3.89. The first kappa shape index (κ1) is 11.5. The molecule has 0 aromatic rings. The van der Waals surface area contributed by atoms with Gasteiger partial charge in [0.05, 0.1) is 13.5 Å². The van der Waals surface area contributed by atoms with E-state index in [0.717, 1.165) is 13.1 Å². The molecular weight excluding hydrogens is 178 g/mol. The zero-order valence-corrected chi connectivity index (χ0v) is 9.29. The molecule has 1 aliphatic rings. The number of rotatable bonds is 5. The van der Waals surface area contributed by atoms with Crippen molar-refractivity contribution in [1.82, 2.24) is 4.90 Å². The monoisotopic (exact) mass is 199 g/mol. The minimum atomic E-state index is -0.0959. The second-order valence-corrected chi connectivity index (χ2v) is 3.89. The van der Waals surface area contributed by atoms with Gasteiger partial charge in [-0.1, -0.05) is 19.8 Å². The van der Waals surface area contributed by atoms with Gasteiger partial charge in [-0.05, 0) is 19.4 Å². The Balaban J connectivity index is 2.27. The molecule has 3 nitrogen and oxygen atoms in total. The zero-order chi connectivity index (χ0) is 10.4. The number of nitrogens with zero attached hydrogens (tertiary/aromatic N) is 1. The number of esters is 1. The van der Waals surface area contributed by atoms with Crippen LogP contribution in [0.4, 0.5) is 0 Å². The van der Waals surface area contributed by atoms with Crippen LogP contribution >= 0.6 is 0 Å². The third kappa shape index (κ3) is 3.29. The highest BCUT2D eigenvalue weighted by Gasteiger charge is 2.21. The molecule has 3 heteroatoms. The molecule has 0 aromatic heterocycles. The van der Waals surface area contributed by atoms with Gasteiger partial charge in [0.2, 0.25) is 0 Å². The first-order chi connectivity index (χ1) is 6.77. The Morgan fingerprint density at radius 3 is 2.57 bits per heavy atom. The minimum absolute atomic E-state index is 0.0959. The smallest absolute Gasteiger partial charge is 0.306 e. The van der Waals surface area contributed by atoms with E-state index in [1.165, 1.54) is 32.8 Å². The standard InChI is InChI=1S/C11H21NO2/c1-3-12(9-8-11(13)14-2)10-6-4-5-7-10/h10H,3-9H2,1-2H3. The van der Waals surface area contributed by atoms with E-state index in [1.807, 2.05) is 0 Å². The molecule has 0 N–H and O–H groups in total. The number of hydrogen-bond donors (Lipinski definition) is 0. The lowest BCUT2D eigenvalue weighted by atomic mass is 10.2. The van der Waals surface area contributed by atoms with Gasteiger partial charge in [0.15, 0.2) is 0 Å². The van der Waals surface area contributed by atoms with E-state index in [1.54, 1.807) is 0 Å². The van der Waals surface area contributed by atoms with Crippen molar-refractivity contribution in [2.24, 2.45) is 0 Å². The Labute approximate surface area is 86.4 Å². The van der Waals surface area contributed by atoms with E-state index in [0.29, 0.717) is 12.5 Å². The predicted octanol–water partition coefficient (Wildman–Crippen LogP) is 1.81. The molecule has 0 saturated heterocycles. The summed E-state index contributed by atoms with van der Waals surface area (Å²) in [7, 11) is 1.45. The van der Waals surface area contributed by atoms with E-state index in [9.17, 15) is 4.79 Å². The predicted molar refractivity (Wildman–Crippen MR) is 56.1 cm³/mol. The third-order valence-corrected chi connectivity index (χ3v) is 3.08. The minimum Gasteiger partial charge on any atom is -0.469 e. The fraction of sp³-hybridized carbons (Fsp3) is 0.909. The van der Waals surface area contributed by atoms with Crippen LogP contribution in [0.15, 0.2) is 0 Å². The van der Waals surface area contributed by atoms with Gasteiger partial charge in [0.1, 0.15) is 0 Å². The fourth-order valence-corrected chi connectivity index (χ4v) is 2.21. The Hall–Kier alpha value is -0.570. The second kappa shape index (κ2) is 6.02. The van der Waals surface area contributed by atoms with E-state index < -0.39 is 0 Å². The highest BCUT2D eigenvalue weighted by atomic mass is 16.5. The van der Waals surface area contributed by atoms with Gasteiger partial charge in [-0.2, -0.15) is 0 Å². The molecule has 0 heterocycles. The summed E-state index contributed by atoms with van der Waals surface area (Å²) in [6.45, 7) is 4.06. The van der Waals surface area contributed by atoms with Crippen molar-refractivity contribution in [3.63, 3.8) is 0 Å². The first-order valence-electron chi connectivity index (χ1n) is 5.58. The van der Waals surface area contributed by atoms with Crippen LogP contribution in [-0.2, 0) is 9.53 Å². The summed E-state index contributed by atoms with van der Waals surface area (Å²) in [4.78, 5) is 13.4. The molecule has 0 bridgehead atoms. The van der Waals surface area contributed by atoms with E-state index >= 15 is 0 Å². The van der Waals surface area contributed by atoms with Crippen molar-refractivity contribution in [2.75, 3.05) is 20.2 Å². The molecule has 0 spiro atoms. The first-order valence-corrected chi connectivity index (χ1v) is 5.58. The summed E-state index contributed by atoms with van der Waals surface area (Å²) in [5.41, 5.74) is 0. The van der Waals surface area contributed by atoms with Crippen molar-refractivity contribution in [1.29, 1.82) is 0 Å². The fourth-order valence-electron chi connectivity index (χ4n) is 2.21.